The highest BCUT2D eigenvalue weighted by Gasteiger charge is 2.28. The first-order valence-corrected chi connectivity index (χ1v) is 6.96. The number of anilines is 2. The van der Waals surface area contributed by atoms with Gasteiger partial charge in [-0.3, -0.25) is 4.79 Å². The molecule has 0 radical (unpaired) electrons. The third kappa shape index (κ3) is 2.29. The molecule has 2 aromatic carbocycles. The molecule has 20 heavy (non-hydrogen) atoms. The molecule has 0 aromatic heterocycles. The number of halogens is 2. The van der Waals surface area contributed by atoms with Crippen molar-refractivity contribution in [1.82, 2.24) is 0 Å². The lowest BCUT2D eigenvalue weighted by Crippen LogP contribution is -2.26. The van der Waals surface area contributed by atoms with E-state index >= 15 is 0 Å². The van der Waals surface area contributed by atoms with Crippen molar-refractivity contribution in [2.75, 3.05) is 10.6 Å². The fourth-order valence-electron chi connectivity index (χ4n) is 2.35. The molecule has 2 N–H and O–H groups in total. The molecule has 0 unspecified atom stereocenters. The zero-order valence-electron chi connectivity index (χ0n) is 10.6. The molecule has 1 amide bonds. The summed E-state index contributed by atoms with van der Waals surface area (Å²) in [7, 11) is 0. The first-order chi connectivity index (χ1) is 9.54. The van der Waals surface area contributed by atoms with Gasteiger partial charge in [0.25, 0.3) is 0 Å². The number of hydrogen-bond acceptors (Lipinski definition) is 2. The number of nitrogen functional groups attached to an aromatic ring is 1. The molecule has 0 fully saturated rings. The van der Waals surface area contributed by atoms with Gasteiger partial charge in [0.05, 0.1) is 13.0 Å². The fraction of sp³-hybridized carbons (Fsp3) is 0.133. The SMILES string of the molecule is Nc1cc2c(cc1Br)CC(=O)N2Cc1ccc(F)cc1. The normalized spacial score (nSPS) is 13.7. The van der Waals surface area contributed by atoms with Crippen LogP contribution in [0.2, 0.25) is 0 Å². The van der Waals surface area contributed by atoms with E-state index in [9.17, 15) is 9.18 Å². The monoisotopic (exact) mass is 334 g/mol. The number of fused-ring (bicyclic) bond motifs is 1. The van der Waals surface area contributed by atoms with E-state index < -0.39 is 0 Å². The first kappa shape index (κ1) is 13.1. The second kappa shape index (κ2) is 4.90. The van der Waals surface area contributed by atoms with Crippen molar-refractivity contribution < 1.29 is 9.18 Å². The molecule has 0 saturated carbocycles. The van der Waals surface area contributed by atoms with E-state index in [2.05, 4.69) is 15.9 Å². The summed E-state index contributed by atoms with van der Waals surface area (Å²) in [6.07, 6.45) is 0.370. The van der Waals surface area contributed by atoms with Crippen LogP contribution in [0.15, 0.2) is 40.9 Å². The van der Waals surface area contributed by atoms with Gasteiger partial charge in [0.1, 0.15) is 5.82 Å². The summed E-state index contributed by atoms with van der Waals surface area (Å²) in [5.74, 6) is -0.253. The number of benzene rings is 2. The molecular formula is C15H12BrFN2O. The molecule has 1 heterocycles. The van der Waals surface area contributed by atoms with Crippen LogP contribution in [-0.4, -0.2) is 5.91 Å². The van der Waals surface area contributed by atoms with Gasteiger partial charge in [-0.25, -0.2) is 4.39 Å². The van der Waals surface area contributed by atoms with Crippen LogP contribution in [0.4, 0.5) is 15.8 Å². The molecule has 0 bridgehead atoms. The number of carbonyl (C=O) groups excluding carboxylic acids is 1. The Balaban J connectivity index is 1.94. The number of amides is 1. The van der Waals surface area contributed by atoms with E-state index in [4.69, 9.17) is 5.73 Å². The van der Waals surface area contributed by atoms with E-state index in [0.29, 0.717) is 18.7 Å². The lowest BCUT2D eigenvalue weighted by molar-refractivity contribution is -0.117. The molecule has 1 aliphatic rings. The Kier molecular flexibility index (Phi) is 3.22. The van der Waals surface area contributed by atoms with E-state index in [0.717, 1.165) is 21.3 Å². The molecule has 0 aliphatic carbocycles. The van der Waals surface area contributed by atoms with Gasteiger partial charge in [-0.15, -0.1) is 0 Å². The van der Waals surface area contributed by atoms with Crippen LogP contribution in [-0.2, 0) is 17.8 Å². The molecule has 0 spiro atoms. The minimum absolute atomic E-state index is 0.0295. The van der Waals surface area contributed by atoms with E-state index in [1.54, 1.807) is 23.1 Å². The molecule has 0 atom stereocenters. The van der Waals surface area contributed by atoms with Crippen molar-refractivity contribution in [3.8, 4) is 0 Å². The maximum atomic E-state index is 12.9. The zero-order valence-corrected chi connectivity index (χ0v) is 12.2. The van der Waals surface area contributed by atoms with Crippen molar-refractivity contribution in [3.63, 3.8) is 0 Å². The Bertz CT molecular complexity index is 685. The predicted molar refractivity (Wildman–Crippen MR) is 79.8 cm³/mol. The van der Waals surface area contributed by atoms with Crippen molar-refractivity contribution in [3.05, 3.63) is 57.8 Å². The summed E-state index contributed by atoms with van der Waals surface area (Å²) in [6.45, 7) is 0.424. The van der Waals surface area contributed by atoms with Gasteiger partial charge in [-0.2, -0.15) is 0 Å². The zero-order chi connectivity index (χ0) is 14.3. The Morgan fingerprint density at radius 3 is 2.65 bits per heavy atom. The summed E-state index contributed by atoms with van der Waals surface area (Å²) >= 11 is 3.37. The summed E-state index contributed by atoms with van der Waals surface area (Å²) in [6, 6.07) is 9.84. The Morgan fingerprint density at radius 1 is 1.25 bits per heavy atom. The summed E-state index contributed by atoms with van der Waals surface area (Å²) < 4.78 is 13.7. The predicted octanol–water partition coefficient (Wildman–Crippen LogP) is 3.26. The Hall–Kier alpha value is -1.88. The summed E-state index contributed by atoms with van der Waals surface area (Å²) in [5.41, 5.74) is 9.15. The maximum absolute atomic E-state index is 12.9. The van der Waals surface area contributed by atoms with Crippen LogP contribution >= 0.6 is 15.9 Å². The number of nitrogens with zero attached hydrogens (tertiary/aromatic N) is 1. The fourth-order valence-corrected chi connectivity index (χ4v) is 2.74. The van der Waals surface area contributed by atoms with Gasteiger partial charge in [0.2, 0.25) is 5.91 Å². The average Bonchev–Trinajstić information content (AvgIpc) is 2.69. The third-order valence-electron chi connectivity index (χ3n) is 3.39. The minimum atomic E-state index is -0.282. The van der Waals surface area contributed by atoms with E-state index in [1.165, 1.54) is 12.1 Å². The van der Waals surface area contributed by atoms with Crippen molar-refractivity contribution in [2.24, 2.45) is 0 Å². The third-order valence-corrected chi connectivity index (χ3v) is 4.07. The van der Waals surface area contributed by atoms with Gasteiger partial charge >= 0.3 is 0 Å². The second-order valence-electron chi connectivity index (χ2n) is 4.79. The largest absolute Gasteiger partial charge is 0.398 e. The molecule has 5 heteroatoms. The molecule has 102 valence electrons. The smallest absolute Gasteiger partial charge is 0.231 e. The van der Waals surface area contributed by atoms with Crippen LogP contribution in [0.3, 0.4) is 0 Å². The number of carbonyl (C=O) groups is 1. The summed E-state index contributed by atoms with van der Waals surface area (Å²) in [4.78, 5) is 13.8. The van der Waals surface area contributed by atoms with Gasteiger partial charge in [0.15, 0.2) is 0 Å². The quantitative estimate of drug-likeness (QED) is 0.857. The average molecular weight is 335 g/mol. The van der Waals surface area contributed by atoms with Gasteiger partial charge in [-0.05, 0) is 51.3 Å². The van der Waals surface area contributed by atoms with Crippen LogP contribution in [0.1, 0.15) is 11.1 Å². The standard InChI is InChI=1S/C15H12BrFN2O/c16-12-5-10-6-15(20)19(14(10)7-13(12)18)8-9-1-3-11(17)4-2-9/h1-5,7H,6,8,18H2. The molecule has 1 aliphatic heterocycles. The first-order valence-electron chi connectivity index (χ1n) is 6.17. The lowest BCUT2D eigenvalue weighted by atomic mass is 10.1. The van der Waals surface area contributed by atoms with E-state index in [1.807, 2.05) is 6.07 Å². The topological polar surface area (TPSA) is 46.3 Å². The Labute approximate surface area is 124 Å². The van der Waals surface area contributed by atoms with Crippen molar-refractivity contribution >= 4 is 33.2 Å². The number of rotatable bonds is 2. The Morgan fingerprint density at radius 2 is 1.95 bits per heavy atom. The van der Waals surface area contributed by atoms with Gasteiger partial charge < -0.3 is 10.6 Å². The molecule has 3 nitrogen and oxygen atoms in total. The van der Waals surface area contributed by atoms with Crippen molar-refractivity contribution in [1.29, 1.82) is 0 Å². The van der Waals surface area contributed by atoms with E-state index in [-0.39, 0.29) is 11.7 Å². The maximum Gasteiger partial charge on any atom is 0.231 e. The molecular weight excluding hydrogens is 323 g/mol. The highest BCUT2D eigenvalue weighted by atomic mass is 79.9. The highest BCUT2D eigenvalue weighted by Crippen LogP contribution is 2.35. The second-order valence-corrected chi connectivity index (χ2v) is 5.64. The van der Waals surface area contributed by atoms with Gasteiger partial charge in [0, 0.05) is 15.8 Å². The van der Waals surface area contributed by atoms with Crippen LogP contribution < -0.4 is 10.6 Å². The molecule has 2 aromatic rings. The molecule has 3 rings (SSSR count). The van der Waals surface area contributed by atoms with Crippen molar-refractivity contribution in [2.45, 2.75) is 13.0 Å². The lowest BCUT2D eigenvalue weighted by Gasteiger charge is -2.18. The van der Waals surface area contributed by atoms with Crippen LogP contribution in [0.5, 0.6) is 0 Å². The van der Waals surface area contributed by atoms with Gasteiger partial charge in [-0.1, -0.05) is 12.1 Å². The highest BCUT2D eigenvalue weighted by molar-refractivity contribution is 9.10. The molecule has 0 saturated heterocycles. The summed E-state index contributed by atoms with van der Waals surface area (Å²) in [5, 5.41) is 0. The number of nitrogens with two attached hydrogens (primary N) is 1. The minimum Gasteiger partial charge on any atom is -0.398 e. The van der Waals surface area contributed by atoms with Crippen LogP contribution in [0.25, 0.3) is 0 Å². The number of hydrogen-bond donors (Lipinski definition) is 1. The van der Waals surface area contributed by atoms with Crippen LogP contribution in [0, 0.1) is 5.82 Å².